The van der Waals surface area contributed by atoms with E-state index in [1.54, 1.807) is 0 Å². The van der Waals surface area contributed by atoms with Crippen molar-refractivity contribution in [3.8, 4) is 0 Å². The molecule has 0 bridgehead atoms. The summed E-state index contributed by atoms with van der Waals surface area (Å²) in [6.07, 6.45) is -1.68. The topological polar surface area (TPSA) is 49.6 Å². The second kappa shape index (κ2) is 7.62. The minimum absolute atomic E-state index is 0.00813. The van der Waals surface area contributed by atoms with Crippen molar-refractivity contribution in [1.29, 1.82) is 0 Å². The van der Waals surface area contributed by atoms with Gasteiger partial charge in [0.25, 0.3) is 5.78 Å². The van der Waals surface area contributed by atoms with Crippen LogP contribution in [-0.2, 0) is 12.7 Å². The Balaban J connectivity index is 1.54. The van der Waals surface area contributed by atoms with Crippen LogP contribution in [0.25, 0.3) is 5.78 Å². The molecule has 1 aliphatic heterocycles. The number of halogens is 3. The van der Waals surface area contributed by atoms with E-state index in [0.717, 1.165) is 48.5 Å². The number of fused-ring (bicyclic) bond motifs is 1. The molecule has 6 nitrogen and oxygen atoms in total. The predicted octanol–water partition coefficient (Wildman–Crippen LogP) is 3.59. The maximum absolute atomic E-state index is 13.5. The van der Waals surface area contributed by atoms with E-state index in [0.29, 0.717) is 12.2 Å². The Labute approximate surface area is 167 Å². The fourth-order valence-electron chi connectivity index (χ4n) is 3.84. The van der Waals surface area contributed by atoms with Crippen molar-refractivity contribution in [3.63, 3.8) is 0 Å². The standard InChI is InChI=1S/C20H23F3N6/c1-27(2)16-7-5-14(6-8-16)11-28-9-3-4-15(12-28)17-10-18(20(21,22)23)29-19(26-17)24-13-25-29/h5-8,10,13,15H,3-4,9,11-12H2,1-2H3. The molecule has 9 heteroatoms. The summed E-state index contributed by atoms with van der Waals surface area (Å²) in [5, 5.41) is 3.67. The molecule has 1 atom stereocenters. The second-order valence-electron chi connectivity index (χ2n) is 7.67. The number of likely N-dealkylation sites (tertiary alicyclic amines) is 1. The monoisotopic (exact) mass is 404 g/mol. The van der Waals surface area contributed by atoms with Crippen molar-refractivity contribution in [1.82, 2.24) is 24.5 Å². The number of benzene rings is 1. The van der Waals surface area contributed by atoms with E-state index in [1.807, 2.05) is 19.0 Å². The lowest BCUT2D eigenvalue weighted by molar-refractivity contribution is -0.142. The lowest BCUT2D eigenvalue weighted by Gasteiger charge is -2.32. The van der Waals surface area contributed by atoms with Crippen LogP contribution in [-0.4, -0.2) is 51.7 Å². The molecule has 1 saturated heterocycles. The van der Waals surface area contributed by atoms with Gasteiger partial charge in [0, 0.05) is 38.8 Å². The van der Waals surface area contributed by atoms with Gasteiger partial charge in [-0.1, -0.05) is 12.1 Å². The lowest BCUT2D eigenvalue weighted by atomic mass is 9.93. The number of hydrogen-bond acceptors (Lipinski definition) is 5. The summed E-state index contributed by atoms with van der Waals surface area (Å²) >= 11 is 0. The quantitative estimate of drug-likeness (QED) is 0.665. The fourth-order valence-corrected chi connectivity index (χ4v) is 3.84. The summed E-state index contributed by atoms with van der Waals surface area (Å²) in [4.78, 5) is 12.6. The number of hydrogen-bond donors (Lipinski definition) is 0. The first kappa shape index (κ1) is 19.6. The third-order valence-electron chi connectivity index (χ3n) is 5.34. The fraction of sp³-hybridized carbons (Fsp3) is 0.450. The number of piperidine rings is 1. The third-order valence-corrected chi connectivity index (χ3v) is 5.34. The Hall–Kier alpha value is -2.68. The van der Waals surface area contributed by atoms with Crippen LogP contribution in [0.4, 0.5) is 18.9 Å². The van der Waals surface area contributed by atoms with Crippen LogP contribution in [0.5, 0.6) is 0 Å². The summed E-state index contributed by atoms with van der Waals surface area (Å²) in [7, 11) is 4.00. The van der Waals surface area contributed by atoms with Crippen LogP contribution in [0.2, 0.25) is 0 Å². The molecule has 1 unspecified atom stereocenters. The van der Waals surface area contributed by atoms with Gasteiger partial charge >= 0.3 is 6.18 Å². The average molecular weight is 404 g/mol. The molecule has 1 aliphatic rings. The van der Waals surface area contributed by atoms with Crippen LogP contribution in [0.1, 0.15) is 35.7 Å². The first-order valence-corrected chi connectivity index (χ1v) is 9.58. The van der Waals surface area contributed by atoms with Crippen LogP contribution in [0.3, 0.4) is 0 Å². The molecule has 0 N–H and O–H groups in total. The van der Waals surface area contributed by atoms with Gasteiger partial charge in [-0.15, -0.1) is 0 Å². The normalized spacial score (nSPS) is 18.3. The van der Waals surface area contributed by atoms with Crippen LogP contribution < -0.4 is 4.90 Å². The van der Waals surface area contributed by atoms with Gasteiger partial charge in [-0.2, -0.15) is 27.8 Å². The highest BCUT2D eigenvalue weighted by Gasteiger charge is 2.36. The van der Waals surface area contributed by atoms with Gasteiger partial charge in [0.2, 0.25) is 0 Å². The zero-order valence-corrected chi connectivity index (χ0v) is 16.4. The van der Waals surface area contributed by atoms with E-state index >= 15 is 0 Å². The van der Waals surface area contributed by atoms with Crippen molar-refractivity contribution in [2.45, 2.75) is 31.5 Å². The van der Waals surface area contributed by atoms with Crippen LogP contribution in [0, 0.1) is 0 Å². The molecule has 0 amide bonds. The lowest BCUT2D eigenvalue weighted by Crippen LogP contribution is -2.34. The van der Waals surface area contributed by atoms with Gasteiger partial charge in [-0.25, -0.2) is 4.98 Å². The van der Waals surface area contributed by atoms with Crippen molar-refractivity contribution < 1.29 is 13.2 Å². The van der Waals surface area contributed by atoms with E-state index in [-0.39, 0.29) is 11.7 Å². The Morgan fingerprint density at radius 1 is 1.17 bits per heavy atom. The molecule has 0 aliphatic carbocycles. The van der Waals surface area contributed by atoms with E-state index in [9.17, 15) is 13.2 Å². The van der Waals surface area contributed by atoms with E-state index in [2.05, 4.69) is 44.2 Å². The maximum Gasteiger partial charge on any atom is 0.433 e. The molecule has 0 radical (unpaired) electrons. The van der Waals surface area contributed by atoms with Gasteiger partial charge in [-0.05, 0) is 43.1 Å². The van der Waals surface area contributed by atoms with Crippen molar-refractivity contribution in [2.24, 2.45) is 0 Å². The van der Waals surface area contributed by atoms with Crippen LogP contribution in [0.15, 0.2) is 36.7 Å². The molecule has 4 rings (SSSR count). The van der Waals surface area contributed by atoms with Gasteiger partial charge in [-0.3, -0.25) is 4.90 Å². The summed E-state index contributed by atoms with van der Waals surface area (Å²) < 4.78 is 41.2. The van der Waals surface area contributed by atoms with E-state index in [4.69, 9.17) is 0 Å². The number of aromatic nitrogens is 4. The molecule has 154 valence electrons. The molecule has 3 heterocycles. The van der Waals surface area contributed by atoms with Crippen molar-refractivity contribution >= 4 is 11.5 Å². The van der Waals surface area contributed by atoms with Gasteiger partial charge in [0.1, 0.15) is 6.33 Å². The Bertz CT molecular complexity index is 980. The van der Waals surface area contributed by atoms with Gasteiger partial charge < -0.3 is 4.90 Å². The molecule has 0 spiro atoms. The summed E-state index contributed by atoms with van der Waals surface area (Å²) in [6, 6.07) is 9.48. The maximum atomic E-state index is 13.5. The Morgan fingerprint density at radius 3 is 2.62 bits per heavy atom. The first-order chi connectivity index (χ1) is 13.8. The van der Waals surface area contributed by atoms with E-state index < -0.39 is 11.9 Å². The minimum atomic E-state index is -4.51. The molecular formula is C20H23F3N6. The number of anilines is 1. The summed E-state index contributed by atoms with van der Waals surface area (Å²) in [6.45, 7) is 2.36. The molecule has 3 aromatic rings. The molecule has 29 heavy (non-hydrogen) atoms. The summed E-state index contributed by atoms with van der Waals surface area (Å²) in [5.74, 6) is -0.0705. The number of alkyl halides is 3. The molecule has 0 saturated carbocycles. The second-order valence-corrected chi connectivity index (χ2v) is 7.67. The zero-order chi connectivity index (χ0) is 20.6. The van der Waals surface area contributed by atoms with Gasteiger partial charge in [0.05, 0.1) is 5.69 Å². The van der Waals surface area contributed by atoms with Gasteiger partial charge in [0.15, 0.2) is 5.69 Å². The highest BCUT2D eigenvalue weighted by atomic mass is 19.4. The zero-order valence-electron chi connectivity index (χ0n) is 16.4. The smallest absolute Gasteiger partial charge is 0.378 e. The third kappa shape index (κ3) is 4.19. The molecule has 1 aromatic carbocycles. The predicted molar refractivity (Wildman–Crippen MR) is 104 cm³/mol. The SMILES string of the molecule is CN(C)c1ccc(CN2CCCC(c3cc(C(F)(F)F)n4ncnc4n3)C2)cc1. The summed E-state index contributed by atoms with van der Waals surface area (Å²) in [5.41, 5.74) is 1.93. The van der Waals surface area contributed by atoms with Crippen LogP contribution >= 0.6 is 0 Å². The number of nitrogens with zero attached hydrogens (tertiary/aromatic N) is 6. The highest BCUT2D eigenvalue weighted by molar-refractivity contribution is 5.46. The highest BCUT2D eigenvalue weighted by Crippen LogP contribution is 2.33. The van der Waals surface area contributed by atoms with Crippen molar-refractivity contribution in [3.05, 3.63) is 53.6 Å². The number of rotatable bonds is 4. The van der Waals surface area contributed by atoms with Crippen molar-refractivity contribution in [2.75, 3.05) is 32.1 Å². The minimum Gasteiger partial charge on any atom is -0.378 e. The Kier molecular flexibility index (Phi) is 5.16. The Morgan fingerprint density at radius 2 is 1.93 bits per heavy atom. The average Bonchev–Trinajstić information content (AvgIpc) is 3.15. The molecular weight excluding hydrogens is 381 g/mol. The molecule has 1 fully saturated rings. The largest absolute Gasteiger partial charge is 0.433 e. The molecule has 2 aromatic heterocycles. The van der Waals surface area contributed by atoms with E-state index in [1.165, 1.54) is 5.56 Å². The first-order valence-electron chi connectivity index (χ1n) is 9.58.